The maximum Gasteiger partial charge on any atom is 0.280 e. The Balaban J connectivity index is 3.26. The summed E-state index contributed by atoms with van der Waals surface area (Å²) >= 11 is 0. The molecule has 0 radical (unpaired) electrons. The summed E-state index contributed by atoms with van der Waals surface area (Å²) in [4.78, 5) is 3.59. The first-order valence-corrected chi connectivity index (χ1v) is 4.09. The summed E-state index contributed by atoms with van der Waals surface area (Å²) in [6, 6.07) is 3.67. The van der Waals surface area contributed by atoms with E-state index < -0.39 is 6.09 Å². The number of nitrogens with two attached hydrogens (primary N) is 1. The maximum absolute atomic E-state index is 12.3. The quantitative estimate of drug-likeness (QED) is 0.402. The molecule has 2 nitrogen and oxygen atoms in total. The fourth-order valence-corrected chi connectivity index (χ4v) is 1.18. The Kier molecular flexibility index (Phi) is 2.66. The molecule has 0 aliphatic rings. The van der Waals surface area contributed by atoms with Crippen LogP contribution in [0.2, 0.25) is 0 Å². The van der Waals surface area contributed by atoms with Crippen molar-refractivity contribution in [1.29, 1.82) is 0 Å². The number of hydrogen-bond acceptors (Lipinski definition) is 1. The van der Waals surface area contributed by atoms with Crippen molar-refractivity contribution in [3.8, 4) is 0 Å². The summed E-state index contributed by atoms with van der Waals surface area (Å²) in [6.45, 7) is 5.90. The fraction of sp³-hybridized carbons (Fsp3) is 0.300. The van der Waals surface area contributed by atoms with Gasteiger partial charge in [-0.1, -0.05) is 6.07 Å². The molecule has 0 aromatic heterocycles. The first-order valence-electron chi connectivity index (χ1n) is 4.09. The second-order valence-electron chi connectivity index (χ2n) is 3.09. The number of amidine groups is 1. The van der Waals surface area contributed by atoms with Crippen LogP contribution in [0.25, 0.3) is 0 Å². The van der Waals surface area contributed by atoms with Crippen LogP contribution in [-0.4, -0.2) is 6.09 Å². The van der Waals surface area contributed by atoms with Gasteiger partial charge in [0, 0.05) is 0 Å². The zero-order chi connectivity index (χ0) is 10.0. The normalized spacial score (nSPS) is 11.8. The predicted octanol–water partition coefficient (Wildman–Crippen LogP) is 2.53. The van der Waals surface area contributed by atoms with Gasteiger partial charge in [0.15, 0.2) is 0 Å². The van der Waals surface area contributed by atoms with Crippen molar-refractivity contribution in [2.45, 2.75) is 20.8 Å². The number of rotatable bonds is 1. The number of aliphatic imine (C=N–C) groups is 1. The van der Waals surface area contributed by atoms with Crippen LogP contribution in [-0.2, 0) is 0 Å². The molecule has 0 heterocycles. The highest BCUT2D eigenvalue weighted by molar-refractivity contribution is 5.75. The second kappa shape index (κ2) is 3.56. The van der Waals surface area contributed by atoms with E-state index in [1.165, 1.54) is 5.56 Å². The van der Waals surface area contributed by atoms with E-state index in [-0.39, 0.29) is 0 Å². The molecule has 0 amide bonds. The third-order valence-corrected chi connectivity index (χ3v) is 2.26. The molecular weight excluding hydrogens is 167 g/mol. The molecule has 0 bridgehead atoms. The van der Waals surface area contributed by atoms with Gasteiger partial charge in [-0.15, -0.1) is 0 Å². The van der Waals surface area contributed by atoms with Crippen molar-refractivity contribution in [2.24, 2.45) is 10.7 Å². The van der Waals surface area contributed by atoms with Crippen molar-refractivity contribution >= 4 is 11.8 Å². The lowest BCUT2D eigenvalue weighted by molar-refractivity contribution is 0.790. The van der Waals surface area contributed by atoms with E-state index >= 15 is 0 Å². The van der Waals surface area contributed by atoms with E-state index in [9.17, 15) is 4.39 Å². The summed E-state index contributed by atoms with van der Waals surface area (Å²) in [7, 11) is 0. The lowest BCUT2D eigenvalue weighted by atomic mass is 10.0. The Morgan fingerprint density at radius 2 is 1.85 bits per heavy atom. The zero-order valence-electron chi connectivity index (χ0n) is 8.06. The molecule has 2 N–H and O–H groups in total. The summed E-state index contributed by atoms with van der Waals surface area (Å²) in [5, 5.41) is 0. The van der Waals surface area contributed by atoms with Crippen molar-refractivity contribution in [3.63, 3.8) is 0 Å². The molecule has 0 saturated carbocycles. The van der Waals surface area contributed by atoms with Crippen LogP contribution in [0.5, 0.6) is 0 Å². The van der Waals surface area contributed by atoms with Crippen LogP contribution in [0, 0.1) is 20.8 Å². The van der Waals surface area contributed by atoms with Crippen molar-refractivity contribution in [1.82, 2.24) is 0 Å². The van der Waals surface area contributed by atoms with Gasteiger partial charge in [0.05, 0.1) is 5.69 Å². The third kappa shape index (κ3) is 2.05. The molecule has 0 unspecified atom stereocenters. The van der Waals surface area contributed by atoms with Gasteiger partial charge in [-0.25, -0.2) is 4.99 Å². The number of halogens is 1. The second-order valence-corrected chi connectivity index (χ2v) is 3.09. The van der Waals surface area contributed by atoms with Crippen molar-refractivity contribution in [3.05, 3.63) is 28.8 Å². The molecule has 0 aliphatic heterocycles. The average Bonchev–Trinajstić information content (AvgIpc) is 2.06. The SMILES string of the molecule is Cc1ccc(N=C(N)F)c(C)c1C. The van der Waals surface area contributed by atoms with Crippen LogP contribution in [0.15, 0.2) is 17.1 Å². The number of aryl methyl sites for hydroxylation is 1. The molecule has 3 heteroatoms. The Morgan fingerprint density at radius 3 is 2.38 bits per heavy atom. The van der Waals surface area contributed by atoms with Gasteiger partial charge in [-0.3, -0.25) is 0 Å². The van der Waals surface area contributed by atoms with E-state index in [4.69, 9.17) is 5.73 Å². The maximum atomic E-state index is 12.3. The Labute approximate surface area is 77.3 Å². The summed E-state index contributed by atoms with van der Waals surface area (Å²) < 4.78 is 12.3. The number of nitrogens with zero attached hydrogens (tertiary/aromatic N) is 1. The summed E-state index contributed by atoms with van der Waals surface area (Å²) in [5.74, 6) is 0. The molecular formula is C10H13FN2. The predicted molar refractivity (Wildman–Crippen MR) is 53.0 cm³/mol. The first-order chi connectivity index (χ1) is 6.02. The van der Waals surface area contributed by atoms with Crippen LogP contribution in [0.4, 0.5) is 10.1 Å². The van der Waals surface area contributed by atoms with Crippen molar-refractivity contribution in [2.75, 3.05) is 0 Å². The van der Waals surface area contributed by atoms with E-state index in [0.717, 1.165) is 11.1 Å². The molecule has 0 aliphatic carbocycles. The Morgan fingerprint density at radius 1 is 1.23 bits per heavy atom. The van der Waals surface area contributed by atoms with Gasteiger partial charge in [0.2, 0.25) is 0 Å². The van der Waals surface area contributed by atoms with Crippen LogP contribution < -0.4 is 5.73 Å². The van der Waals surface area contributed by atoms with Gasteiger partial charge in [-0.2, -0.15) is 4.39 Å². The lowest BCUT2D eigenvalue weighted by Gasteiger charge is -2.06. The van der Waals surface area contributed by atoms with Crippen LogP contribution >= 0.6 is 0 Å². The third-order valence-electron chi connectivity index (χ3n) is 2.26. The van der Waals surface area contributed by atoms with Crippen LogP contribution in [0.1, 0.15) is 16.7 Å². The summed E-state index contributed by atoms with van der Waals surface area (Å²) in [5.41, 5.74) is 8.74. The number of benzene rings is 1. The highest BCUT2D eigenvalue weighted by Gasteiger charge is 2.02. The fourth-order valence-electron chi connectivity index (χ4n) is 1.18. The van der Waals surface area contributed by atoms with E-state index in [0.29, 0.717) is 5.69 Å². The monoisotopic (exact) mass is 180 g/mol. The van der Waals surface area contributed by atoms with Gasteiger partial charge in [0.1, 0.15) is 0 Å². The van der Waals surface area contributed by atoms with Crippen molar-refractivity contribution < 1.29 is 4.39 Å². The smallest absolute Gasteiger partial charge is 0.280 e. The van der Waals surface area contributed by atoms with E-state index in [2.05, 4.69) is 4.99 Å². The zero-order valence-corrected chi connectivity index (χ0v) is 8.06. The minimum absolute atomic E-state index is 0.600. The standard InChI is InChI=1S/C10H13FN2/c1-6-4-5-9(13-10(11)12)8(3)7(6)2/h4-5H,1-3H3,(H2,12,13). The number of hydrogen-bond donors (Lipinski definition) is 1. The molecule has 0 fully saturated rings. The van der Waals surface area contributed by atoms with E-state index in [1.54, 1.807) is 6.07 Å². The van der Waals surface area contributed by atoms with Gasteiger partial charge in [0.25, 0.3) is 6.09 Å². The van der Waals surface area contributed by atoms with Crippen LogP contribution in [0.3, 0.4) is 0 Å². The first kappa shape index (κ1) is 9.71. The molecule has 1 aromatic rings. The largest absolute Gasteiger partial charge is 0.360 e. The Bertz CT molecular complexity index is 352. The molecule has 1 aromatic carbocycles. The Hall–Kier alpha value is -1.38. The van der Waals surface area contributed by atoms with Gasteiger partial charge >= 0.3 is 0 Å². The molecule has 70 valence electrons. The molecule has 0 spiro atoms. The van der Waals surface area contributed by atoms with Gasteiger partial charge < -0.3 is 5.73 Å². The topological polar surface area (TPSA) is 38.4 Å². The molecule has 1 rings (SSSR count). The molecule has 0 saturated heterocycles. The molecule has 0 atom stereocenters. The van der Waals surface area contributed by atoms with E-state index in [1.807, 2.05) is 26.8 Å². The van der Waals surface area contributed by atoms with Gasteiger partial charge in [-0.05, 0) is 43.5 Å². The highest BCUT2D eigenvalue weighted by atomic mass is 19.1. The minimum Gasteiger partial charge on any atom is -0.360 e. The summed E-state index contributed by atoms with van der Waals surface area (Å²) in [6.07, 6.45) is -0.897. The lowest BCUT2D eigenvalue weighted by Crippen LogP contribution is -2.02. The molecule has 13 heavy (non-hydrogen) atoms. The minimum atomic E-state index is -0.897. The average molecular weight is 180 g/mol. The highest BCUT2D eigenvalue weighted by Crippen LogP contribution is 2.23.